The highest BCUT2D eigenvalue weighted by Gasteiger charge is 2.28. The van der Waals surface area contributed by atoms with Crippen LogP contribution in [0.4, 0.5) is 0 Å². The molecule has 0 N–H and O–H groups in total. The molecule has 3 nitrogen and oxygen atoms in total. The van der Waals surface area contributed by atoms with Crippen molar-refractivity contribution >= 4 is 11.8 Å². The van der Waals surface area contributed by atoms with E-state index in [4.69, 9.17) is 0 Å². The molecule has 0 aliphatic rings. The molecule has 96 valence electrons. The van der Waals surface area contributed by atoms with Crippen LogP contribution in [-0.2, 0) is 14.3 Å². The van der Waals surface area contributed by atoms with E-state index in [-0.39, 0.29) is 0 Å². The summed E-state index contributed by atoms with van der Waals surface area (Å²) >= 11 is 0. The first-order valence-electron chi connectivity index (χ1n) is 5.96. The second-order valence-electron chi connectivity index (χ2n) is 4.11. The van der Waals surface area contributed by atoms with Gasteiger partial charge in [0.1, 0.15) is 0 Å². The molecule has 0 spiro atoms. The van der Waals surface area contributed by atoms with Gasteiger partial charge in [0.05, 0.1) is 13.0 Å². The average Bonchev–Trinajstić information content (AvgIpc) is 2.49. The van der Waals surface area contributed by atoms with Crippen LogP contribution in [-0.4, -0.2) is 18.9 Å². The molecule has 0 aliphatic carbocycles. The van der Waals surface area contributed by atoms with Crippen molar-refractivity contribution in [3.05, 3.63) is 71.8 Å². The van der Waals surface area contributed by atoms with E-state index >= 15 is 0 Å². The van der Waals surface area contributed by atoms with Crippen molar-refractivity contribution in [3.8, 4) is 0 Å². The molecule has 0 atom stereocenters. The monoisotopic (exact) mass is 254 g/mol. The number of carbonyl (C=O) groups is 2. The van der Waals surface area contributed by atoms with Gasteiger partial charge in [-0.15, -0.1) is 0 Å². The molecule has 0 bridgehead atoms. The predicted octanol–water partition coefficient (Wildman–Crippen LogP) is 2.56. The van der Waals surface area contributed by atoms with Crippen LogP contribution in [0.1, 0.15) is 17.0 Å². The lowest BCUT2D eigenvalue weighted by Crippen LogP contribution is -2.24. The number of Topliss-reactive ketones (excluding diaryl/α,β-unsaturated/α-hetero) is 1. The zero-order valence-electron chi connectivity index (χ0n) is 10.6. The number of benzene rings is 2. The molecule has 0 amide bonds. The van der Waals surface area contributed by atoms with Crippen LogP contribution >= 0.6 is 0 Å². The number of hydrogen-bond donors (Lipinski definition) is 0. The van der Waals surface area contributed by atoms with E-state index in [9.17, 15) is 9.59 Å². The van der Waals surface area contributed by atoms with Crippen LogP contribution in [0, 0.1) is 0 Å². The van der Waals surface area contributed by atoms with E-state index in [0.717, 1.165) is 11.1 Å². The average molecular weight is 254 g/mol. The zero-order chi connectivity index (χ0) is 13.7. The molecular formula is C16H14O3. The third kappa shape index (κ3) is 2.88. The normalized spacial score (nSPS) is 10.2. The maximum absolute atomic E-state index is 12.2. The van der Waals surface area contributed by atoms with Crippen LogP contribution in [0.5, 0.6) is 0 Å². The second kappa shape index (κ2) is 5.96. The molecule has 0 saturated heterocycles. The molecule has 0 unspecified atom stereocenters. The van der Waals surface area contributed by atoms with Gasteiger partial charge >= 0.3 is 5.97 Å². The predicted molar refractivity (Wildman–Crippen MR) is 71.8 cm³/mol. The molecular weight excluding hydrogens is 240 g/mol. The van der Waals surface area contributed by atoms with Gasteiger partial charge in [-0.2, -0.15) is 0 Å². The minimum absolute atomic E-state index is 0.556. The van der Waals surface area contributed by atoms with Crippen LogP contribution in [0.15, 0.2) is 60.7 Å². The van der Waals surface area contributed by atoms with Gasteiger partial charge in [0, 0.05) is 0 Å². The van der Waals surface area contributed by atoms with Gasteiger partial charge < -0.3 is 4.74 Å². The molecule has 0 fully saturated rings. The lowest BCUT2D eigenvalue weighted by Gasteiger charge is -2.15. The summed E-state index contributed by atoms with van der Waals surface area (Å²) in [6, 6.07) is 18.4. The summed E-state index contributed by atoms with van der Waals surface area (Å²) in [6.07, 6.45) is 0. The first-order valence-corrected chi connectivity index (χ1v) is 5.96. The van der Waals surface area contributed by atoms with Crippen molar-refractivity contribution in [2.45, 2.75) is 5.92 Å². The Bertz CT molecular complexity index is 522. The second-order valence-corrected chi connectivity index (χ2v) is 4.11. The Morgan fingerprint density at radius 1 is 0.842 bits per heavy atom. The van der Waals surface area contributed by atoms with Crippen LogP contribution in [0.3, 0.4) is 0 Å². The van der Waals surface area contributed by atoms with Crippen LogP contribution in [0.25, 0.3) is 0 Å². The number of carbonyl (C=O) groups excluding carboxylic acids is 2. The topological polar surface area (TPSA) is 43.4 Å². The van der Waals surface area contributed by atoms with Crippen LogP contribution in [0.2, 0.25) is 0 Å². The third-order valence-corrected chi connectivity index (χ3v) is 2.91. The van der Waals surface area contributed by atoms with Gasteiger partial charge in [-0.3, -0.25) is 4.79 Å². The smallest absolute Gasteiger partial charge is 0.375 e. The molecule has 2 rings (SSSR count). The number of esters is 1. The Labute approximate surface area is 111 Å². The fraction of sp³-hybridized carbons (Fsp3) is 0.125. The summed E-state index contributed by atoms with van der Waals surface area (Å²) in [5.41, 5.74) is 1.56. The molecule has 3 heteroatoms. The van der Waals surface area contributed by atoms with E-state index in [1.54, 1.807) is 0 Å². The maximum Gasteiger partial charge on any atom is 0.375 e. The van der Waals surface area contributed by atoms with Crippen molar-refractivity contribution in [1.82, 2.24) is 0 Å². The van der Waals surface area contributed by atoms with Crippen molar-refractivity contribution in [2.24, 2.45) is 0 Å². The Morgan fingerprint density at radius 3 is 1.63 bits per heavy atom. The minimum atomic E-state index is -0.822. The number of methoxy groups -OCH3 is 1. The summed E-state index contributed by atoms with van der Waals surface area (Å²) in [5, 5.41) is 0. The molecule has 19 heavy (non-hydrogen) atoms. The number of hydrogen-bond acceptors (Lipinski definition) is 3. The number of rotatable bonds is 4. The zero-order valence-corrected chi connectivity index (χ0v) is 10.6. The summed E-state index contributed by atoms with van der Waals surface area (Å²) in [5.74, 6) is -1.99. The van der Waals surface area contributed by atoms with Gasteiger partial charge in [0.15, 0.2) is 0 Å². The summed E-state index contributed by atoms with van der Waals surface area (Å²) in [6.45, 7) is 0. The van der Waals surface area contributed by atoms with Gasteiger partial charge in [0.25, 0.3) is 5.78 Å². The van der Waals surface area contributed by atoms with Crippen molar-refractivity contribution in [3.63, 3.8) is 0 Å². The molecule has 0 radical (unpaired) electrons. The molecule has 0 aliphatic heterocycles. The van der Waals surface area contributed by atoms with Crippen LogP contribution < -0.4 is 0 Å². The summed E-state index contributed by atoms with van der Waals surface area (Å²) in [7, 11) is 1.22. The quantitative estimate of drug-likeness (QED) is 0.622. The SMILES string of the molecule is COC(=O)C(=O)C(c1ccccc1)c1ccccc1. The fourth-order valence-electron chi connectivity index (χ4n) is 2.00. The van der Waals surface area contributed by atoms with Gasteiger partial charge in [-0.1, -0.05) is 60.7 Å². The highest BCUT2D eigenvalue weighted by Crippen LogP contribution is 2.25. The standard InChI is InChI=1S/C16H14O3/c1-19-16(18)15(17)14(12-8-4-2-5-9-12)13-10-6-3-7-11-13/h2-11,14H,1H3. The molecule has 2 aromatic carbocycles. The van der Waals surface area contributed by atoms with Gasteiger partial charge in [0.2, 0.25) is 0 Å². The Balaban J connectivity index is 2.46. The molecule has 0 heterocycles. The van der Waals surface area contributed by atoms with Gasteiger partial charge in [-0.05, 0) is 11.1 Å². The Hall–Kier alpha value is -2.42. The lowest BCUT2D eigenvalue weighted by molar-refractivity contribution is -0.151. The summed E-state index contributed by atoms with van der Waals surface area (Å²) < 4.78 is 4.55. The maximum atomic E-state index is 12.2. The van der Waals surface area contributed by atoms with E-state index < -0.39 is 17.7 Å². The van der Waals surface area contributed by atoms with E-state index in [2.05, 4.69) is 4.74 Å². The Morgan fingerprint density at radius 2 is 1.26 bits per heavy atom. The summed E-state index contributed by atoms with van der Waals surface area (Å²) in [4.78, 5) is 23.7. The largest absolute Gasteiger partial charge is 0.463 e. The third-order valence-electron chi connectivity index (χ3n) is 2.91. The van der Waals surface area contributed by atoms with Crippen molar-refractivity contribution < 1.29 is 14.3 Å². The number of ketones is 1. The molecule has 2 aromatic rings. The molecule has 0 saturated carbocycles. The van der Waals surface area contributed by atoms with E-state index in [1.807, 2.05) is 60.7 Å². The van der Waals surface area contributed by atoms with Gasteiger partial charge in [-0.25, -0.2) is 4.79 Å². The molecule has 0 aromatic heterocycles. The highest BCUT2D eigenvalue weighted by molar-refractivity contribution is 6.36. The first kappa shape index (κ1) is 13.0. The Kier molecular flexibility index (Phi) is 4.08. The lowest BCUT2D eigenvalue weighted by atomic mass is 9.88. The fourth-order valence-corrected chi connectivity index (χ4v) is 2.00. The number of ether oxygens (including phenoxy) is 1. The highest BCUT2D eigenvalue weighted by atomic mass is 16.5. The van der Waals surface area contributed by atoms with E-state index in [0.29, 0.717) is 0 Å². The first-order chi connectivity index (χ1) is 9.24. The van der Waals surface area contributed by atoms with E-state index in [1.165, 1.54) is 7.11 Å². The minimum Gasteiger partial charge on any atom is -0.463 e. The van der Waals surface area contributed by atoms with Crippen molar-refractivity contribution in [1.29, 1.82) is 0 Å². The van der Waals surface area contributed by atoms with Crippen molar-refractivity contribution in [2.75, 3.05) is 7.11 Å².